The van der Waals surface area contributed by atoms with Gasteiger partial charge in [0, 0.05) is 17.8 Å². The highest BCUT2D eigenvalue weighted by molar-refractivity contribution is 7.92. The summed E-state index contributed by atoms with van der Waals surface area (Å²) in [6, 6.07) is 6.67. The van der Waals surface area contributed by atoms with Crippen molar-refractivity contribution in [3.63, 3.8) is 0 Å². The highest BCUT2D eigenvalue weighted by atomic mass is 32.2. The number of rotatable bonds is 4. The van der Waals surface area contributed by atoms with Crippen LogP contribution in [0, 0.1) is 6.92 Å². The van der Waals surface area contributed by atoms with Crippen LogP contribution in [0.5, 0.6) is 0 Å². The summed E-state index contributed by atoms with van der Waals surface area (Å²) in [6.07, 6.45) is 2.82. The van der Waals surface area contributed by atoms with Crippen molar-refractivity contribution in [1.82, 2.24) is 10.3 Å². The Kier molecular flexibility index (Phi) is 4.57. The van der Waals surface area contributed by atoms with Crippen molar-refractivity contribution >= 4 is 21.6 Å². The average Bonchev–Trinajstić information content (AvgIpc) is 3.11. The summed E-state index contributed by atoms with van der Waals surface area (Å²) in [5.41, 5.74) is 2.10. The molecular weight excluding hydrogens is 330 g/mol. The van der Waals surface area contributed by atoms with Gasteiger partial charge < -0.3 is 15.1 Å². The number of hydrogen-bond acceptors (Lipinski definition) is 5. The highest BCUT2D eigenvalue weighted by Gasteiger charge is 2.31. The number of benzene rings is 1. The smallest absolute Gasteiger partial charge is 0.319 e. The highest BCUT2D eigenvalue weighted by Crippen LogP contribution is 2.22. The Bertz CT molecular complexity index is 845. The maximum atomic E-state index is 12.0. The number of aromatic nitrogens is 1. The van der Waals surface area contributed by atoms with Gasteiger partial charge in [-0.05, 0) is 38.0 Å². The second kappa shape index (κ2) is 6.64. The van der Waals surface area contributed by atoms with Gasteiger partial charge >= 0.3 is 6.03 Å². The number of carbonyl (C=O) groups excluding carboxylic acids is 1. The Hall–Kier alpha value is -2.35. The third kappa shape index (κ3) is 3.76. The second-order valence-corrected chi connectivity index (χ2v) is 8.24. The number of hydrogen-bond donors (Lipinski definition) is 2. The zero-order chi connectivity index (χ0) is 17.2. The summed E-state index contributed by atoms with van der Waals surface area (Å²) >= 11 is 0. The van der Waals surface area contributed by atoms with E-state index in [2.05, 4.69) is 15.6 Å². The average molecular weight is 349 g/mol. The molecule has 0 spiro atoms. The third-order valence-corrected chi connectivity index (χ3v) is 6.22. The third-order valence-electron chi connectivity index (χ3n) is 3.94. The number of aryl methyl sites for hydroxylation is 1. The Balaban J connectivity index is 1.60. The SMILES string of the molecule is Cc1coc(-c2cccc(NC(=O)NC[C@H]3CCCS3(=O)=O)c2)n1. The maximum Gasteiger partial charge on any atom is 0.319 e. The molecule has 128 valence electrons. The molecule has 2 aromatic rings. The van der Waals surface area contributed by atoms with E-state index >= 15 is 0 Å². The van der Waals surface area contributed by atoms with Crippen LogP contribution in [0.15, 0.2) is 34.9 Å². The molecule has 1 aromatic heterocycles. The minimum absolute atomic E-state index is 0.132. The Labute approximate surface area is 140 Å². The minimum atomic E-state index is -3.06. The molecule has 1 saturated heterocycles. The number of nitrogens with one attached hydrogen (secondary N) is 2. The van der Waals surface area contributed by atoms with E-state index in [1.807, 2.05) is 13.0 Å². The first kappa shape index (κ1) is 16.5. The van der Waals surface area contributed by atoms with Gasteiger partial charge in [-0.25, -0.2) is 18.2 Å². The van der Waals surface area contributed by atoms with Gasteiger partial charge in [-0.15, -0.1) is 0 Å². The lowest BCUT2D eigenvalue weighted by Gasteiger charge is -2.12. The first-order valence-electron chi connectivity index (χ1n) is 7.73. The quantitative estimate of drug-likeness (QED) is 0.882. The maximum absolute atomic E-state index is 12.0. The van der Waals surface area contributed by atoms with Gasteiger partial charge in [0.1, 0.15) is 6.26 Å². The van der Waals surface area contributed by atoms with Crippen LogP contribution in [-0.4, -0.2) is 37.0 Å². The monoisotopic (exact) mass is 349 g/mol. The molecule has 7 nitrogen and oxygen atoms in total. The lowest BCUT2D eigenvalue weighted by atomic mass is 10.2. The molecule has 8 heteroatoms. The number of nitrogens with zero attached hydrogens (tertiary/aromatic N) is 1. The lowest BCUT2D eigenvalue weighted by molar-refractivity contribution is 0.252. The zero-order valence-corrected chi connectivity index (χ0v) is 14.1. The molecule has 1 aliphatic heterocycles. The Morgan fingerprint density at radius 1 is 1.42 bits per heavy atom. The molecule has 24 heavy (non-hydrogen) atoms. The standard InChI is InChI=1S/C16H19N3O4S/c1-11-10-23-15(18-11)12-4-2-5-13(8-12)19-16(20)17-9-14-6-3-7-24(14,21)22/h2,4-5,8,10,14H,3,6-7,9H2,1H3,(H2,17,19,20)/t14-/m1/s1. The summed E-state index contributed by atoms with van der Waals surface area (Å²) in [7, 11) is -3.06. The van der Waals surface area contributed by atoms with E-state index in [4.69, 9.17) is 4.42 Å². The van der Waals surface area contributed by atoms with Crippen LogP contribution >= 0.6 is 0 Å². The van der Waals surface area contributed by atoms with Gasteiger partial charge in [-0.3, -0.25) is 0 Å². The number of amides is 2. The molecule has 1 fully saturated rings. The molecule has 0 aliphatic carbocycles. The molecule has 1 aliphatic rings. The fourth-order valence-corrected chi connectivity index (χ4v) is 4.45. The van der Waals surface area contributed by atoms with Crippen LogP contribution in [0.4, 0.5) is 10.5 Å². The molecule has 0 bridgehead atoms. The fourth-order valence-electron chi connectivity index (χ4n) is 2.69. The summed E-state index contributed by atoms with van der Waals surface area (Å²) < 4.78 is 28.8. The lowest BCUT2D eigenvalue weighted by Crippen LogP contribution is -2.37. The molecule has 1 aromatic carbocycles. The van der Waals surface area contributed by atoms with E-state index in [0.29, 0.717) is 24.4 Å². The van der Waals surface area contributed by atoms with E-state index in [0.717, 1.165) is 11.3 Å². The van der Waals surface area contributed by atoms with Gasteiger partial charge in [0.05, 0.1) is 16.7 Å². The number of carbonyl (C=O) groups is 1. The van der Waals surface area contributed by atoms with E-state index in [1.54, 1.807) is 24.5 Å². The normalized spacial score (nSPS) is 19.1. The Morgan fingerprint density at radius 3 is 2.92 bits per heavy atom. The van der Waals surface area contributed by atoms with Crippen molar-refractivity contribution in [2.24, 2.45) is 0 Å². The predicted octanol–water partition coefficient (Wildman–Crippen LogP) is 2.35. The number of urea groups is 1. The molecule has 2 N–H and O–H groups in total. The van der Waals surface area contributed by atoms with Gasteiger partial charge in [0.15, 0.2) is 9.84 Å². The molecule has 1 atom stereocenters. The van der Waals surface area contributed by atoms with Crippen LogP contribution < -0.4 is 10.6 Å². The van der Waals surface area contributed by atoms with Gasteiger partial charge in [-0.2, -0.15) is 0 Å². The van der Waals surface area contributed by atoms with E-state index in [9.17, 15) is 13.2 Å². The number of anilines is 1. The molecule has 0 saturated carbocycles. The van der Waals surface area contributed by atoms with Crippen molar-refractivity contribution in [2.45, 2.75) is 25.0 Å². The van der Waals surface area contributed by atoms with Crippen LogP contribution in [0.1, 0.15) is 18.5 Å². The van der Waals surface area contributed by atoms with Crippen molar-refractivity contribution < 1.29 is 17.6 Å². The Morgan fingerprint density at radius 2 is 2.25 bits per heavy atom. The molecule has 0 unspecified atom stereocenters. The van der Waals surface area contributed by atoms with Gasteiger partial charge in [0.2, 0.25) is 5.89 Å². The molecule has 2 amide bonds. The van der Waals surface area contributed by atoms with Crippen molar-refractivity contribution in [1.29, 1.82) is 0 Å². The predicted molar refractivity (Wildman–Crippen MR) is 90.5 cm³/mol. The summed E-state index contributed by atoms with van der Waals surface area (Å²) in [6.45, 7) is 1.96. The first-order chi connectivity index (χ1) is 11.4. The van der Waals surface area contributed by atoms with Gasteiger partial charge in [0.25, 0.3) is 0 Å². The number of sulfone groups is 1. The van der Waals surface area contributed by atoms with Gasteiger partial charge in [-0.1, -0.05) is 6.07 Å². The molecule has 3 rings (SSSR count). The number of oxazole rings is 1. The minimum Gasteiger partial charge on any atom is -0.444 e. The fraction of sp³-hybridized carbons (Fsp3) is 0.375. The summed E-state index contributed by atoms with van der Waals surface area (Å²) in [5, 5.41) is 4.84. The van der Waals surface area contributed by atoms with Crippen LogP contribution in [-0.2, 0) is 9.84 Å². The topological polar surface area (TPSA) is 101 Å². The van der Waals surface area contributed by atoms with Crippen molar-refractivity contribution in [2.75, 3.05) is 17.6 Å². The van der Waals surface area contributed by atoms with Crippen molar-refractivity contribution in [3.8, 4) is 11.5 Å². The summed E-state index contributed by atoms with van der Waals surface area (Å²) in [4.78, 5) is 16.2. The zero-order valence-electron chi connectivity index (χ0n) is 13.3. The second-order valence-electron chi connectivity index (χ2n) is 5.84. The largest absolute Gasteiger partial charge is 0.444 e. The van der Waals surface area contributed by atoms with Crippen LogP contribution in [0.3, 0.4) is 0 Å². The molecule has 0 radical (unpaired) electrons. The first-order valence-corrected chi connectivity index (χ1v) is 9.44. The van der Waals surface area contributed by atoms with E-state index in [-0.39, 0.29) is 12.3 Å². The van der Waals surface area contributed by atoms with E-state index in [1.165, 1.54) is 0 Å². The van der Waals surface area contributed by atoms with Crippen molar-refractivity contribution in [3.05, 3.63) is 36.2 Å². The molecule has 2 heterocycles. The molecular formula is C16H19N3O4S. The van der Waals surface area contributed by atoms with E-state index < -0.39 is 21.1 Å². The van der Waals surface area contributed by atoms with Crippen LogP contribution in [0.25, 0.3) is 11.5 Å². The van der Waals surface area contributed by atoms with Crippen LogP contribution in [0.2, 0.25) is 0 Å². The summed E-state index contributed by atoms with van der Waals surface area (Å²) in [5.74, 6) is 0.687.